The van der Waals surface area contributed by atoms with Crippen molar-refractivity contribution in [3.63, 3.8) is 0 Å². The summed E-state index contributed by atoms with van der Waals surface area (Å²) in [6.45, 7) is 1.45. The van der Waals surface area contributed by atoms with Gasteiger partial charge in [-0.05, 0) is 6.07 Å². The van der Waals surface area contributed by atoms with Gasteiger partial charge < -0.3 is 10.2 Å². The Balaban J connectivity index is 2.09. The molecular weight excluding hydrogens is 280 g/mol. The Kier molecular flexibility index (Phi) is 4.24. The Morgan fingerprint density at radius 2 is 1.95 bits per heavy atom. The summed E-state index contributed by atoms with van der Waals surface area (Å²) in [7, 11) is -1.44. The van der Waals surface area contributed by atoms with Crippen LogP contribution in [0.4, 0.5) is 5.69 Å². The molecule has 0 radical (unpaired) electrons. The molecule has 1 saturated heterocycles. The topological polar surface area (TPSA) is 82.6 Å². The number of rotatable bonds is 3. The van der Waals surface area contributed by atoms with Gasteiger partial charge in [-0.1, -0.05) is 0 Å². The van der Waals surface area contributed by atoms with E-state index in [2.05, 4.69) is 10.3 Å². The van der Waals surface area contributed by atoms with Crippen molar-refractivity contribution in [2.75, 3.05) is 44.8 Å². The lowest BCUT2D eigenvalue weighted by Crippen LogP contribution is -2.50. The van der Waals surface area contributed by atoms with Crippen LogP contribution in [0.5, 0.6) is 0 Å². The SMILES string of the molecule is CNc1ccncc1C(=O)N1CCN(S(C)(=O)=O)CC1. The van der Waals surface area contributed by atoms with Gasteiger partial charge in [-0.25, -0.2) is 8.42 Å². The third kappa shape index (κ3) is 3.07. The fraction of sp³-hybridized carbons (Fsp3) is 0.500. The van der Waals surface area contributed by atoms with Crippen LogP contribution in [-0.2, 0) is 10.0 Å². The van der Waals surface area contributed by atoms with Gasteiger partial charge >= 0.3 is 0 Å². The number of hydrogen-bond donors (Lipinski definition) is 1. The molecule has 20 heavy (non-hydrogen) atoms. The zero-order chi connectivity index (χ0) is 14.8. The molecule has 0 unspecified atom stereocenters. The largest absolute Gasteiger partial charge is 0.387 e. The fourth-order valence-electron chi connectivity index (χ4n) is 2.18. The molecular formula is C12H18N4O3S. The van der Waals surface area contributed by atoms with Crippen molar-refractivity contribution in [3.05, 3.63) is 24.0 Å². The van der Waals surface area contributed by atoms with E-state index in [1.54, 1.807) is 24.2 Å². The number of piperazine rings is 1. The van der Waals surface area contributed by atoms with E-state index in [4.69, 9.17) is 0 Å². The number of nitrogens with zero attached hydrogens (tertiary/aromatic N) is 3. The summed E-state index contributed by atoms with van der Waals surface area (Å²) in [6.07, 6.45) is 4.33. The fourth-order valence-corrected chi connectivity index (χ4v) is 3.00. The number of sulfonamides is 1. The predicted molar refractivity (Wildman–Crippen MR) is 76.1 cm³/mol. The average Bonchev–Trinajstić information content (AvgIpc) is 2.45. The maximum Gasteiger partial charge on any atom is 0.257 e. The minimum Gasteiger partial charge on any atom is -0.387 e. The van der Waals surface area contributed by atoms with E-state index in [0.717, 1.165) is 5.69 Å². The number of carbonyl (C=O) groups excluding carboxylic acids is 1. The Hall–Kier alpha value is -1.67. The van der Waals surface area contributed by atoms with Gasteiger partial charge in [-0.15, -0.1) is 0 Å². The van der Waals surface area contributed by atoms with Gasteiger partial charge in [0.15, 0.2) is 0 Å². The Morgan fingerprint density at radius 3 is 2.50 bits per heavy atom. The molecule has 1 N–H and O–H groups in total. The lowest BCUT2D eigenvalue weighted by molar-refractivity contribution is 0.0699. The summed E-state index contributed by atoms with van der Waals surface area (Å²) in [4.78, 5) is 18.0. The van der Waals surface area contributed by atoms with Gasteiger partial charge in [-0.2, -0.15) is 4.31 Å². The van der Waals surface area contributed by atoms with Crippen LogP contribution in [-0.4, -0.2) is 68.0 Å². The Bertz CT molecular complexity index is 594. The van der Waals surface area contributed by atoms with Gasteiger partial charge in [0.25, 0.3) is 5.91 Å². The molecule has 1 aliphatic rings. The maximum absolute atomic E-state index is 12.4. The number of hydrogen-bond acceptors (Lipinski definition) is 5. The van der Waals surface area contributed by atoms with Crippen LogP contribution in [0.1, 0.15) is 10.4 Å². The molecule has 8 heteroatoms. The van der Waals surface area contributed by atoms with Crippen molar-refractivity contribution in [2.24, 2.45) is 0 Å². The van der Waals surface area contributed by atoms with Gasteiger partial charge in [0.2, 0.25) is 10.0 Å². The van der Waals surface area contributed by atoms with Crippen molar-refractivity contribution in [1.82, 2.24) is 14.2 Å². The van der Waals surface area contributed by atoms with E-state index in [-0.39, 0.29) is 5.91 Å². The molecule has 0 bridgehead atoms. The number of carbonyl (C=O) groups is 1. The van der Waals surface area contributed by atoms with E-state index in [9.17, 15) is 13.2 Å². The molecule has 2 heterocycles. The Morgan fingerprint density at radius 1 is 1.30 bits per heavy atom. The van der Waals surface area contributed by atoms with Crippen LogP contribution < -0.4 is 5.32 Å². The zero-order valence-electron chi connectivity index (χ0n) is 11.5. The summed E-state index contributed by atoms with van der Waals surface area (Å²) in [5, 5.41) is 2.95. The van der Waals surface area contributed by atoms with E-state index in [0.29, 0.717) is 31.7 Å². The summed E-state index contributed by atoms with van der Waals surface area (Å²) in [6, 6.07) is 1.74. The molecule has 1 aliphatic heterocycles. The van der Waals surface area contributed by atoms with Gasteiger partial charge in [0, 0.05) is 51.3 Å². The normalized spacial score (nSPS) is 17.0. The van der Waals surface area contributed by atoms with E-state index < -0.39 is 10.0 Å². The van der Waals surface area contributed by atoms with Crippen molar-refractivity contribution in [1.29, 1.82) is 0 Å². The molecule has 1 fully saturated rings. The van der Waals surface area contributed by atoms with Crippen molar-refractivity contribution in [2.45, 2.75) is 0 Å². The van der Waals surface area contributed by atoms with Gasteiger partial charge in [-0.3, -0.25) is 9.78 Å². The monoisotopic (exact) mass is 298 g/mol. The molecule has 7 nitrogen and oxygen atoms in total. The highest BCUT2D eigenvalue weighted by molar-refractivity contribution is 7.88. The van der Waals surface area contributed by atoms with Crippen LogP contribution in [0.25, 0.3) is 0 Å². The van der Waals surface area contributed by atoms with Gasteiger partial charge in [0.05, 0.1) is 11.8 Å². The highest BCUT2D eigenvalue weighted by Crippen LogP contribution is 2.17. The lowest BCUT2D eigenvalue weighted by Gasteiger charge is -2.33. The molecule has 0 aromatic carbocycles. The zero-order valence-corrected chi connectivity index (χ0v) is 12.4. The first-order valence-corrected chi connectivity index (χ1v) is 8.14. The van der Waals surface area contributed by atoms with Crippen LogP contribution in [0, 0.1) is 0 Å². The first kappa shape index (κ1) is 14.7. The van der Waals surface area contributed by atoms with E-state index >= 15 is 0 Å². The van der Waals surface area contributed by atoms with Crippen LogP contribution >= 0.6 is 0 Å². The standard InChI is InChI=1S/C12H18N4O3S/c1-13-11-3-4-14-9-10(11)12(17)15-5-7-16(8-6-15)20(2,18)19/h3-4,9H,5-8H2,1-2H3,(H,13,14). The van der Waals surface area contributed by atoms with Crippen molar-refractivity contribution >= 4 is 21.6 Å². The molecule has 0 spiro atoms. The van der Waals surface area contributed by atoms with E-state index in [1.807, 2.05) is 0 Å². The number of nitrogens with one attached hydrogen (secondary N) is 1. The number of anilines is 1. The Labute approximate surface area is 118 Å². The molecule has 110 valence electrons. The molecule has 1 aromatic heterocycles. The quantitative estimate of drug-likeness (QED) is 0.838. The van der Waals surface area contributed by atoms with Crippen molar-refractivity contribution < 1.29 is 13.2 Å². The highest BCUT2D eigenvalue weighted by atomic mass is 32.2. The van der Waals surface area contributed by atoms with Gasteiger partial charge in [0.1, 0.15) is 0 Å². The predicted octanol–water partition coefficient (Wildman–Crippen LogP) is -0.159. The number of pyridine rings is 1. The average molecular weight is 298 g/mol. The minimum atomic E-state index is -3.18. The van der Waals surface area contributed by atoms with Crippen LogP contribution in [0.3, 0.4) is 0 Å². The molecule has 1 amide bonds. The summed E-state index contributed by atoms with van der Waals surface area (Å²) in [5.41, 5.74) is 1.22. The minimum absolute atomic E-state index is 0.129. The molecule has 2 rings (SSSR count). The third-order valence-electron chi connectivity index (χ3n) is 3.32. The second kappa shape index (κ2) is 5.76. The molecule has 0 atom stereocenters. The van der Waals surface area contributed by atoms with E-state index in [1.165, 1.54) is 16.8 Å². The van der Waals surface area contributed by atoms with Crippen molar-refractivity contribution in [3.8, 4) is 0 Å². The first-order chi connectivity index (χ1) is 9.43. The second-order valence-corrected chi connectivity index (χ2v) is 6.61. The molecule has 1 aromatic rings. The molecule has 0 saturated carbocycles. The third-order valence-corrected chi connectivity index (χ3v) is 4.62. The highest BCUT2D eigenvalue weighted by Gasteiger charge is 2.27. The summed E-state index contributed by atoms with van der Waals surface area (Å²) in [5.74, 6) is -0.129. The smallest absolute Gasteiger partial charge is 0.257 e. The summed E-state index contributed by atoms with van der Waals surface area (Å²) >= 11 is 0. The maximum atomic E-state index is 12.4. The molecule has 0 aliphatic carbocycles. The summed E-state index contributed by atoms with van der Waals surface area (Å²) < 4.78 is 24.3. The number of aromatic nitrogens is 1. The van der Waals surface area contributed by atoms with Crippen LogP contribution in [0.2, 0.25) is 0 Å². The second-order valence-electron chi connectivity index (χ2n) is 4.63. The number of amides is 1. The van der Waals surface area contributed by atoms with Crippen LogP contribution in [0.15, 0.2) is 18.5 Å². The first-order valence-electron chi connectivity index (χ1n) is 6.29. The lowest BCUT2D eigenvalue weighted by atomic mass is 10.2.